The number of nitrogens with two attached hydrogens (primary N) is 1. The van der Waals surface area contributed by atoms with E-state index in [9.17, 15) is 9.59 Å². The summed E-state index contributed by atoms with van der Waals surface area (Å²) in [6.45, 7) is 5.46. The average molecular weight is 252 g/mol. The molecule has 0 fully saturated rings. The van der Waals surface area contributed by atoms with Crippen LogP contribution in [0.1, 0.15) is 29.9 Å². The quantitative estimate of drug-likeness (QED) is 0.647. The molecule has 5 heteroatoms. The van der Waals surface area contributed by atoms with Crippen LogP contribution in [0.15, 0.2) is 16.9 Å². The van der Waals surface area contributed by atoms with Crippen molar-refractivity contribution in [2.45, 2.75) is 27.3 Å². The van der Waals surface area contributed by atoms with Gasteiger partial charge in [0.2, 0.25) is 0 Å². The average Bonchev–Trinajstić information content (AvgIpc) is 2.22. The number of aromatic nitrogens is 1. The number of Topliss-reactive ketones (excluding diaryl/α,β-unsaturated/α-hetero) is 1. The van der Waals surface area contributed by atoms with Crippen LogP contribution in [0.3, 0.4) is 0 Å². The second-order valence-corrected chi connectivity index (χ2v) is 4.64. The van der Waals surface area contributed by atoms with Crippen LogP contribution in [0.5, 0.6) is 0 Å². The molecule has 0 aliphatic heterocycles. The van der Waals surface area contributed by atoms with Gasteiger partial charge in [-0.1, -0.05) is 19.1 Å². The highest BCUT2D eigenvalue weighted by Gasteiger charge is 2.13. The van der Waals surface area contributed by atoms with Crippen LogP contribution < -0.4 is 11.3 Å². The van der Waals surface area contributed by atoms with Crippen molar-refractivity contribution in [3.63, 3.8) is 0 Å². The van der Waals surface area contributed by atoms with E-state index in [4.69, 9.17) is 18.0 Å². The molecule has 1 rings (SSSR count). The van der Waals surface area contributed by atoms with Crippen LogP contribution in [-0.2, 0) is 6.54 Å². The molecule has 17 heavy (non-hydrogen) atoms. The van der Waals surface area contributed by atoms with Crippen molar-refractivity contribution in [2.75, 3.05) is 0 Å². The highest BCUT2D eigenvalue weighted by Crippen LogP contribution is 2.04. The van der Waals surface area contributed by atoms with Crippen LogP contribution >= 0.6 is 12.2 Å². The minimum absolute atomic E-state index is 0.0800. The van der Waals surface area contributed by atoms with Crippen molar-refractivity contribution < 1.29 is 4.79 Å². The first-order chi connectivity index (χ1) is 7.84. The van der Waals surface area contributed by atoms with Gasteiger partial charge in [-0.2, -0.15) is 0 Å². The minimum atomic E-state index is -0.277. The Balaban J connectivity index is 3.24. The summed E-state index contributed by atoms with van der Waals surface area (Å²) in [6, 6.07) is 3.31. The summed E-state index contributed by atoms with van der Waals surface area (Å²) in [5.41, 5.74) is 6.25. The molecule has 0 aromatic carbocycles. The largest absolute Gasteiger partial charge is 0.393 e. The Kier molecular flexibility index (Phi) is 4.17. The van der Waals surface area contributed by atoms with Gasteiger partial charge in [0.05, 0.1) is 10.6 Å². The number of thiocarbonyl (C=S) groups is 1. The van der Waals surface area contributed by atoms with Crippen LogP contribution in [0, 0.1) is 12.8 Å². The number of nitrogens with zero attached hydrogens (tertiary/aromatic N) is 1. The summed E-state index contributed by atoms with van der Waals surface area (Å²) in [6.07, 6.45) is 0. The van der Waals surface area contributed by atoms with E-state index in [1.165, 1.54) is 6.92 Å². The van der Waals surface area contributed by atoms with E-state index in [0.29, 0.717) is 11.5 Å². The Morgan fingerprint density at radius 2 is 2.12 bits per heavy atom. The summed E-state index contributed by atoms with van der Waals surface area (Å²) in [4.78, 5) is 23.7. The third-order valence-electron chi connectivity index (χ3n) is 2.71. The number of hydrogen-bond acceptors (Lipinski definition) is 3. The maximum atomic E-state index is 12.0. The molecule has 0 aliphatic carbocycles. The normalized spacial score (nSPS) is 12.2. The summed E-state index contributed by atoms with van der Waals surface area (Å²) in [5.74, 6) is -0.310. The second-order valence-electron chi connectivity index (χ2n) is 4.16. The first-order valence-corrected chi connectivity index (χ1v) is 5.76. The summed E-state index contributed by atoms with van der Waals surface area (Å²) >= 11 is 4.88. The topological polar surface area (TPSA) is 65.1 Å². The predicted molar refractivity (Wildman–Crippen MR) is 71.4 cm³/mol. The molecular weight excluding hydrogens is 236 g/mol. The molecule has 0 bridgehead atoms. The molecule has 0 saturated carbocycles. The summed E-state index contributed by atoms with van der Waals surface area (Å²) < 4.78 is 1.54. The van der Waals surface area contributed by atoms with E-state index in [1.807, 2.05) is 13.8 Å². The molecule has 1 atom stereocenters. The third-order valence-corrected chi connectivity index (χ3v) is 3.12. The first-order valence-electron chi connectivity index (χ1n) is 5.35. The van der Waals surface area contributed by atoms with Gasteiger partial charge < -0.3 is 10.3 Å². The third kappa shape index (κ3) is 3.00. The zero-order chi connectivity index (χ0) is 13.2. The van der Waals surface area contributed by atoms with Crippen LogP contribution in [-0.4, -0.2) is 15.3 Å². The van der Waals surface area contributed by atoms with Gasteiger partial charge in [-0.25, -0.2) is 0 Å². The van der Waals surface area contributed by atoms with Crippen LogP contribution in [0.2, 0.25) is 0 Å². The molecule has 1 aromatic heterocycles. The molecule has 0 radical (unpaired) electrons. The lowest BCUT2D eigenvalue weighted by Gasteiger charge is -2.15. The lowest BCUT2D eigenvalue weighted by atomic mass is 10.1. The van der Waals surface area contributed by atoms with E-state index in [2.05, 4.69) is 0 Å². The molecule has 0 spiro atoms. The molecule has 0 saturated heterocycles. The van der Waals surface area contributed by atoms with Gasteiger partial charge in [-0.3, -0.25) is 9.59 Å². The van der Waals surface area contributed by atoms with Gasteiger partial charge >= 0.3 is 0 Å². The van der Waals surface area contributed by atoms with Gasteiger partial charge in [0, 0.05) is 18.2 Å². The smallest absolute Gasteiger partial charge is 0.261 e. The number of aryl methyl sites for hydroxylation is 1. The SMILES string of the molecule is CC(=O)c1ccc(C)n(CC(C)C(N)=S)c1=O. The monoisotopic (exact) mass is 252 g/mol. The second kappa shape index (κ2) is 5.23. The lowest BCUT2D eigenvalue weighted by molar-refractivity contribution is 0.101. The maximum absolute atomic E-state index is 12.0. The van der Waals surface area contributed by atoms with Gasteiger partial charge in [-0.05, 0) is 26.0 Å². The zero-order valence-electron chi connectivity index (χ0n) is 10.2. The maximum Gasteiger partial charge on any atom is 0.261 e. The Morgan fingerprint density at radius 3 is 2.59 bits per heavy atom. The Hall–Kier alpha value is -1.49. The van der Waals surface area contributed by atoms with Crippen molar-refractivity contribution in [3.8, 4) is 0 Å². The molecule has 2 N–H and O–H groups in total. The Bertz CT molecular complexity index is 520. The predicted octanol–water partition coefficient (Wildman–Crippen LogP) is 1.28. The zero-order valence-corrected chi connectivity index (χ0v) is 11.0. The van der Waals surface area contributed by atoms with E-state index < -0.39 is 0 Å². The Labute approximate surface area is 105 Å². The van der Waals surface area contributed by atoms with Crippen molar-refractivity contribution in [2.24, 2.45) is 11.7 Å². The van der Waals surface area contributed by atoms with Crippen molar-refractivity contribution in [1.29, 1.82) is 0 Å². The van der Waals surface area contributed by atoms with Gasteiger partial charge in [0.1, 0.15) is 0 Å². The molecule has 1 aromatic rings. The standard InChI is InChI=1S/C12H16N2O2S/c1-7(11(13)17)6-14-8(2)4-5-10(9(3)15)12(14)16/h4-5,7H,6H2,1-3H3,(H2,13,17). The fourth-order valence-corrected chi connectivity index (χ4v) is 1.60. The van der Waals surface area contributed by atoms with Crippen molar-refractivity contribution in [1.82, 2.24) is 4.57 Å². The van der Waals surface area contributed by atoms with Crippen molar-refractivity contribution >= 4 is 23.0 Å². The number of pyridine rings is 1. The first kappa shape index (κ1) is 13.6. The molecule has 1 unspecified atom stereocenters. The van der Waals surface area contributed by atoms with E-state index in [0.717, 1.165) is 5.69 Å². The van der Waals surface area contributed by atoms with E-state index in [1.54, 1.807) is 16.7 Å². The van der Waals surface area contributed by atoms with Gasteiger partial charge in [-0.15, -0.1) is 0 Å². The number of carbonyl (C=O) groups excluding carboxylic acids is 1. The van der Waals surface area contributed by atoms with Crippen LogP contribution in [0.4, 0.5) is 0 Å². The summed E-state index contributed by atoms with van der Waals surface area (Å²) in [7, 11) is 0. The number of hydrogen-bond donors (Lipinski definition) is 1. The number of carbonyl (C=O) groups is 1. The highest BCUT2D eigenvalue weighted by atomic mass is 32.1. The molecule has 1 heterocycles. The summed E-state index contributed by atoms with van der Waals surface area (Å²) in [5, 5.41) is 0. The van der Waals surface area contributed by atoms with Crippen LogP contribution in [0.25, 0.3) is 0 Å². The van der Waals surface area contributed by atoms with Crippen molar-refractivity contribution in [3.05, 3.63) is 33.7 Å². The fourth-order valence-electron chi connectivity index (χ4n) is 1.53. The van der Waals surface area contributed by atoms with E-state index >= 15 is 0 Å². The van der Waals surface area contributed by atoms with Gasteiger partial charge in [0.15, 0.2) is 5.78 Å². The lowest BCUT2D eigenvalue weighted by Crippen LogP contribution is -2.32. The molecule has 4 nitrogen and oxygen atoms in total. The van der Waals surface area contributed by atoms with E-state index in [-0.39, 0.29) is 22.8 Å². The Morgan fingerprint density at radius 1 is 1.53 bits per heavy atom. The fraction of sp³-hybridized carbons (Fsp3) is 0.417. The van der Waals surface area contributed by atoms with Gasteiger partial charge in [0.25, 0.3) is 5.56 Å². The molecule has 92 valence electrons. The minimum Gasteiger partial charge on any atom is -0.393 e. The molecule has 0 aliphatic rings. The molecular formula is C12H16N2O2S. The number of rotatable bonds is 4. The molecule has 0 amide bonds. The number of ketones is 1. The highest BCUT2D eigenvalue weighted by molar-refractivity contribution is 7.80.